The maximum atomic E-state index is 11.0. The Morgan fingerprint density at radius 3 is 2.21 bits per heavy atom. The van der Waals surface area contributed by atoms with Crippen LogP contribution in [-0.2, 0) is 18.1 Å². The van der Waals surface area contributed by atoms with Gasteiger partial charge in [0, 0.05) is 23.0 Å². The molecular weight excluding hydrogens is 433 g/mol. The van der Waals surface area contributed by atoms with Crippen molar-refractivity contribution < 1.29 is 5.11 Å². The third-order valence-electron chi connectivity index (χ3n) is 6.34. The van der Waals surface area contributed by atoms with Crippen LogP contribution >= 0.6 is 8.58 Å². The van der Waals surface area contributed by atoms with Crippen LogP contribution in [0, 0.1) is 0 Å². The van der Waals surface area contributed by atoms with E-state index in [4.69, 9.17) is 0 Å². The van der Waals surface area contributed by atoms with Crippen LogP contribution in [-0.4, -0.2) is 5.11 Å². The Labute approximate surface area is 205 Å². The van der Waals surface area contributed by atoms with Gasteiger partial charge >= 0.3 is 0 Å². The molecule has 4 aromatic carbocycles. The molecule has 34 heavy (non-hydrogen) atoms. The number of rotatable bonds is 10. The van der Waals surface area contributed by atoms with Gasteiger partial charge in [0.05, 0.1) is 0 Å². The van der Waals surface area contributed by atoms with Gasteiger partial charge < -0.3 is 10.4 Å². The number of nitrogens with one attached hydrogen (secondary N) is 1. The second kappa shape index (κ2) is 11.4. The van der Waals surface area contributed by atoms with Gasteiger partial charge in [0.2, 0.25) is 0 Å². The summed E-state index contributed by atoms with van der Waals surface area (Å²) in [4.78, 5) is 0. The molecule has 0 spiro atoms. The van der Waals surface area contributed by atoms with Gasteiger partial charge in [-0.05, 0) is 53.0 Å². The maximum absolute atomic E-state index is 11.0. The van der Waals surface area contributed by atoms with Crippen LogP contribution in [0.15, 0.2) is 103 Å². The Morgan fingerprint density at radius 1 is 0.794 bits per heavy atom. The molecule has 2 N–H and O–H groups in total. The van der Waals surface area contributed by atoms with Crippen molar-refractivity contribution in [3.8, 4) is 5.75 Å². The van der Waals surface area contributed by atoms with Gasteiger partial charge in [-0.15, -0.1) is 0 Å². The smallest absolute Gasteiger partial charge is 0.119 e. The minimum Gasteiger partial charge on any atom is -0.508 e. The van der Waals surface area contributed by atoms with E-state index in [0.29, 0.717) is 14.3 Å². The summed E-state index contributed by atoms with van der Waals surface area (Å²) in [6, 6.07) is 35.8. The van der Waals surface area contributed by atoms with E-state index in [1.165, 1.54) is 22.0 Å². The van der Waals surface area contributed by atoms with Crippen LogP contribution in [0.5, 0.6) is 5.75 Å². The number of hydrogen-bond acceptors (Lipinski definition) is 2. The molecule has 0 fully saturated rings. The standard InChI is InChI=1S/C31H34NOP/c1-3-20-31(2,28-22-25(18-19-29(28)33)21-24-12-6-4-7-13-24)34-30-17-11-10-14-26(30)23-32-27-15-8-5-9-16-27/h4-19,22,32-34H,3,20-21,23H2,1-2H3. The molecule has 0 heterocycles. The molecule has 4 aromatic rings. The van der Waals surface area contributed by atoms with Gasteiger partial charge in [-0.25, -0.2) is 0 Å². The molecular formula is C31H34NOP. The van der Waals surface area contributed by atoms with Gasteiger partial charge in [-0.1, -0.05) is 114 Å². The first-order valence-electron chi connectivity index (χ1n) is 12.1. The summed E-state index contributed by atoms with van der Waals surface area (Å²) in [5.41, 5.74) is 6.03. The van der Waals surface area contributed by atoms with Crippen LogP contribution in [0.3, 0.4) is 0 Å². The van der Waals surface area contributed by atoms with Crippen LogP contribution in [0.25, 0.3) is 0 Å². The second-order valence-electron chi connectivity index (χ2n) is 9.10. The fourth-order valence-corrected chi connectivity index (χ4v) is 6.39. The van der Waals surface area contributed by atoms with Crippen molar-refractivity contribution in [2.24, 2.45) is 0 Å². The fraction of sp³-hybridized carbons (Fsp3) is 0.226. The predicted octanol–water partition coefficient (Wildman–Crippen LogP) is 7.61. The zero-order valence-corrected chi connectivity index (χ0v) is 21.1. The molecule has 0 bridgehead atoms. The number of benzene rings is 4. The Bertz CT molecular complexity index is 1190. The van der Waals surface area contributed by atoms with Crippen LogP contribution < -0.4 is 10.6 Å². The Hall–Kier alpha value is -3.09. The highest BCUT2D eigenvalue weighted by Gasteiger charge is 2.30. The lowest BCUT2D eigenvalue weighted by atomic mass is 9.91. The van der Waals surface area contributed by atoms with E-state index in [2.05, 4.69) is 110 Å². The molecule has 0 saturated carbocycles. The predicted molar refractivity (Wildman–Crippen MR) is 148 cm³/mol. The third-order valence-corrected chi connectivity index (χ3v) is 8.17. The van der Waals surface area contributed by atoms with Crippen molar-refractivity contribution in [2.75, 3.05) is 5.32 Å². The Kier molecular flexibility index (Phi) is 8.03. The lowest BCUT2D eigenvalue weighted by Gasteiger charge is -2.32. The van der Waals surface area contributed by atoms with E-state index >= 15 is 0 Å². The topological polar surface area (TPSA) is 32.3 Å². The largest absolute Gasteiger partial charge is 0.508 e. The SMILES string of the molecule is CCCC(C)(Pc1ccccc1CNc1ccccc1)c1cc(Cc2ccccc2)ccc1O. The average Bonchev–Trinajstić information content (AvgIpc) is 2.86. The Balaban J connectivity index is 1.61. The molecule has 2 atom stereocenters. The number of para-hydroxylation sites is 1. The van der Waals surface area contributed by atoms with Crippen LogP contribution in [0.2, 0.25) is 0 Å². The average molecular weight is 468 g/mol. The molecule has 0 aliphatic heterocycles. The molecule has 0 aliphatic carbocycles. The first-order chi connectivity index (χ1) is 16.6. The summed E-state index contributed by atoms with van der Waals surface area (Å²) >= 11 is 0. The van der Waals surface area contributed by atoms with E-state index in [1.54, 1.807) is 0 Å². The second-order valence-corrected chi connectivity index (χ2v) is 11.0. The maximum Gasteiger partial charge on any atom is 0.119 e. The van der Waals surface area contributed by atoms with Gasteiger partial charge in [-0.3, -0.25) is 0 Å². The molecule has 0 aliphatic rings. The number of phenols is 1. The monoisotopic (exact) mass is 467 g/mol. The lowest BCUT2D eigenvalue weighted by molar-refractivity contribution is 0.453. The van der Waals surface area contributed by atoms with Crippen molar-refractivity contribution in [3.63, 3.8) is 0 Å². The minimum atomic E-state index is -0.131. The lowest BCUT2D eigenvalue weighted by Crippen LogP contribution is -2.22. The van der Waals surface area contributed by atoms with Crippen molar-refractivity contribution in [1.29, 1.82) is 0 Å². The molecule has 2 unspecified atom stereocenters. The van der Waals surface area contributed by atoms with Crippen LogP contribution in [0.1, 0.15) is 48.9 Å². The summed E-state index contributed by atoms with van der Waals surface area (Å²) in [6.07, 6.45) is 2.96. The molecule has 0 amide bonds. The van der Waals surface area contributed by atoms with Gasteiger partial charge in [0.1, 0.15) is 5.75 Å². The highest BCUT2D eigenvalue weighted by atomic mass is 31.1. The number of anilines is 1. The van der Waals surface area contributed by atoms with Gasteiger partial charge in [-0.2, -0.15) is 0 Å². The van der Waals surface area contributed by atoms with E-state index in [-0.39, 0.29) is 5.16 Å². The van der Waals surface area contributed by atoms with E-state index < -0.39 is 0 Å². The quantitative estimate of drug-likeness (QED) is 0.235. The van der Waals surface area contributed by atoms with E-state index in [1.807, 2.05) is 12.1 Å². The number of phenolic OH excluding ortho intramolecular Hbond substituents is 1. The molecule has 4 rings (SSSR count). The van der Waals surface area contributed by atoms with Gasteiger partial charge in [0.25, 0.3) is 0 Å². The van der Waals surface area contributed by atoms with Crippen molar-refractivity contribution >= 4 is 19.6 Å². The highest BCUT2D eigenvalue weighted by molar-refractivity contribution is 7.48. The van der Waals surface area contributed by atoms with E-state index in [0.717, 1.165) is 37.1 Å². The zero-order valence-electron chi connectivity index (χ0n) is 20.1. The van der Waals surface area contributed by atoms with Gasteiger partial charge in [0.15, 0.2) is 0 Å². The van der Waals surface area contributed by atoms with Crippen molar-refractivity contribution in [3.05, 3.63) is 125 Å². The molecule has 0 radical (unpaired) electrons. The minimum absolute atomic E-state index is 0.131. The summed E-state index contributed by atoms with van der Waals surface area (Å²) in [7, 11) is 0.560. The molecule has 0 saturated heterocycles. The first-order valence-corrected chi connectivity index (χ1v) is 13.1. The van der Waals surface area contributed by atoms with Crippen molar-refractivity contribution in [2.45, 2.75) is 44.8 Å². The summed E-state index contributed by atoms with van der Waals surface area (Å²) in [5, 5.41) is 15.7. The summed E-state index contributed by atoms with van der Waals surface area (Å²) in [6.45, 7) is 5.34. The first kappa shape index (κ1) is 24.0. The molecule has 174 valence electrons. The third kappa shape index (κ3) is 6.07. The molecule has 3 heteroatoms. The zero-order chi connectivity index (χ0) is 23.8. The van der Waals surface area contributed by atoms with Crippen molar-refractivity contribution in [1.82, 2.24) is 0 Å². The number of aromatic hydroxyl groups is 1. The normalized spacial score (nSPS) is 13.1. The summed E-state index contributed by atoms with van der Waals surface area (Å²) < 4.78 is 0. The van der Waals surface area contributed by atoms with Crippen LogP contribution in [0.4, 0.5) is 5.69 Å². The molecule has 0 aromatic heterocycles. The highest BCUT2D eigenvalue weighted by Crippen LogP contribution is 2.48. The summed E-state index contributed by atoms with van der Waals surface area (Å²) in [5.74, 6) is 0.403. The molecule has 2 nitrogen and oxygen atoms in total. The fourth-order valence-electron chi connectivity index (χ4n) is 4.58. The number of hydrogen-bond donors (Lipinski definition) is 2. The van der Waals surface area contributed by atoms with E-state index in [9.17, 15) is 5.11 Å². The Morgan fingerprint density at radius 2 is 1.47 bits per heavy atom.